The van der Waals surface area contributed by atoms with E-state index in [1.54, 1.807) is 38.2 Å². The van der Waals surface area contributed by atoms with E-state index in [-0.39, 0.29) is 11.0 Å². The van der Waals surface area contributed by atoms with Gasteiger partial charge in [0.05, 0.1) is 31.2 Å². The highest BCUT2D eigenvalue weighted by Gasteiger charge is 2.30. The second-order valence-corrected chi connectivity index (χ2v) is 16.6. The van der Waals surface area contributed by atoms with Crippen LogP contribution in [0.4, 0.5) is 23.1 Å². The number of aryl methyl sites for hydroxylation is 1. The van der Waals surface area contributed by atoms with Gasteiger partial charge in [-0.3, -0.25) is 4.90 Å². The van der Waals surface area contributed by atoms with Gasteiger partial charge in [0.2, 0.25) is 5.95 Å². The van der Waals surface area contributed by atoms with Gasteiger partial charge in [-0.1, -0.05) is 12.1 Å². The van der Waals surface area contributed by atoms with Crippen LogP contribution in [0.3, 0.4) is 0 Å². The average molecular weight is 747 g/mol. The lowest BCUT2D eigenvalue weighted by Gasteiger charge is -2.41. The van der Waals surface area contributed by atoms with Crippen LogP contribution in [0, 0.1) is 10.5 Å². The molecule has 5 rings (SSSR count). The summed E-state index contributed by atoms with van der Waals surface area (Å²) < 4.78 is 33.2. The Labute approximate surface area is 282 Å². The molecule has 0 spiro atoms. The Bertz CT molecular complexity index is 1580. The number of para-hydroxylation sites is 1. The molecule has 2 fully saturated rings. The molecule has 2 N–H and O–H groups in total. The van der Waals surface area contributed by atoms with E-state index in [0.29, 0.717) is 29.4 Å². The van der Waals surface area contributed by atoms with Crippen LogP contribution in [0.15, 0.2) is 47.5 Å². The van der Waals surface area contributed by atoms with Crippen molar-refractivity contribution in [1.29, 1.82) is 0 Å². The Morgan fingerprint density at radius 1 is 0.956 bits per heavy atom. The van der Waals surface area contributed by atoms with Crippen LogP contribution in [-0.2, 0) is 9.84 Å². The van der Waals surface area contributed by atoms with E-state index in [1.807, 2.05) is 19.9 Å². The molecule has 45 heavy (non-hydrogen) atoms. The van der Waals surface area contributed by atoms with Crippen molar-refractivity contribution in [3.8, 4) is 5.75 Å². The summed E-state index contributed by atoms with van der Waals surface area (Å²) in [6.45, 7) is 14.3. The number of anilines is 4. The van der Waals surface area contributed by atoms with Crippen LogP contribution in [0.2, 0.25) is 0 Å². The number of nitrogens with one attached hydrogen (secondary N) is 2. The number of halogens is 1. The molecular weight excluding hydrogens is 699 g/mol. The van der Waals surface area contributed by atoms with Crippen molar-refractivity contribution < 1.29 is 13.2 Å². The number of piperazine rings is 1. The molecule has 3 aromatic rings. The van der Waals surface area contributed by atoms with Crippen LogP contribution >= 0.6 is 22.6 Å². The second-order valence-electron chi connectivity index (χ2n) is 12.9. The molecule has 11 heteroatoms. The van der Waals surface area contributed by atoms with Gasteiger partial charge in [0, 0.05) is 38.4 Å². The average Bonchev–Trinajstić information content (AvgIpc) is 3.00. The van der Waals surface area contributed by atoms with Gasteiger partial charge in [-0.15, -0.1) is 0 Å². The monoisotopic (exact) mass is 746 g/mol. The number of hydrogen-bond acceptors (Lipinski definition) is 9. The molecule has 0 radical (unpaired) electrons. The molecular formula is C34H47IN6O3S. The van der Waals surface area contributed by atoms with Crippen molar-refractivity contribution in [3.05, 3.63) is 57.3 Å². The Hall–Kier alpha value is -2.48. The van der Waals surface area contributed by atoms with E-state index in [1.165, 1.54) is 63.0 Å². The third-order valence-electron chi connectivity index (χ3n) is 8.98. The quantitative estimate of drug-likeness (QED) is 0.210. The summed E-state index contributed by atoms with van der Waals surface area (Å²) in [5.41, 5.74) is 3.89. The minimum absolute atomic E-state index is 0.00310. The number of nitrogens with zero attached hydrogens (tertiary/aromatic N) is 4. The molecule has 0 unspecified atom stereocenters. The van der Waals surface area contributed by atoms with Gasteiger partial charge in [-0.25, -0.2) is 13.4 Å². The number of benzene rings is 2. The van der Waals surface area contributed by atoms with E-state index in [4.69, 9.17) is 9.72 Å². The zero-order chi connectivity index (χ0) is 32.3. The molecule has 1 saturated heterocycles. The molecule has 1 saturated carbocycles. The number of aromatic nitrogens is 2. The molecule has 1 aliphatic carbocycles. The largest absolute Gasteiger partial charge is 0.489 e. The lowest BCUT2D eigenvalue weighted by atomic mass is 9.79. The van der Waals surface area contributed by atoms with Gasteiger partial charge in [-0.2, -0.15) is 4.98 Å². The number of ether oxygens (including phenoxy) is 1. The van der Waals surface area contributed by atoms with E-state index in [9.17, 15) is 8.42 Å². The van der Waals surface area contributed by atoms with Crippen molar-refractivity contribution in [2.45, 2.75) is 88.5 Å². The van der Waals surface area contributed by atoms with Crippen molar-refractivity contribution in [2.75, 3.05) is 43.9 Å². The highest BCUT2D eigenvalue weighted by atomic mass is 127. The number of rotatable bonds is 10. The van der Waals surface area contributed by atoms with Gasteiger partial charge in [-0.05, 0) is 131 Å². The maximum atomic E-state index is 13.0. The number of likely N-dealkylation sites (N-methyl/N-ethyl adjacent to an activating group) is 1. The number of hydrogen-bond donors (Lipinski definition) is 2. The lowest BCUT2D eigenvalue weighted by molar-refractivity contribution is 0.0878. The predicted octanol–water partition coefficient (Wildman–Crippen LogP) is 7.12. The number of sulfone groups is 1. The molecule has 9 nitrogen and oxygen atoms in total. The zero-order valence-electron chi connectivity index (χ0n) is 27.3. The Kier molecular flexibility index (Phi) is 10.9. The first kappa shape index (κ1) is 33.9. The Balaban J connectivity index is 1.36. The van der Waals surface area contributed by atoms with Crippen LogP contribution in [0.1, 0.15) is 70.4 Å². The van der Waals surface area contributed by atoms with Gasteiger partial charge in [0.15, 0.2) is 9.84 Å². The highest BCUT2D eigenvalue weighted by Crippen LogP contribution is 2.41. The first-order valence-corrected chi connectivity index (χ1v) is 18.7. The van der Waals surface area contributed by atoms with Crippen LogP contribution in [0.5, 0.6) is 5.75 Å². The van der Waals surface area contributed by atoms with Crippen molar-refractivity contribution in [1.82, 2.24) is 19.8 Å². The molecule has 1 aliphatic heterocycles. The van der Waals surface area contributed by atoms with E-state index >= 15 is 0 Å². The van der Waals surface area contributed by atoms with Crippen molar-refractivity contribution in [2.24, 2.45) is 0 Å². The second kappa shape index (κ2) is 14.5. The van der Waals surface area contributed by atoms with E-state index < -0.39 is 15.1 Å². The smallest absolute Gasteiger partial charge is 0.229 e. The van der Waals surface area contributed by atoms with Gasteiger partial charge in [0.25, 0.3) is 0 Å². The van der Waals surface area contributed by atoms with Crippen LogP contribution in [0.25, 0.3) is 0 Å². The minimum atomic E-state index is -3.49. The summed E-state index contributed by atoms with van der Waals surface area (Å²) in [4.78, 5) is 14.7. The fourth-order valence-electron chi connectivity index (χ4n) is 6.37. The molecule has 2 aromatic carbocycles. The normalized spacial score (nSPS) is 20.0. The molecule has 0 amide bonds. The van der Waals surface area contributed by atoms with Crippen LogP contribution < -0.4 is 15.4 Å². The first-order valence-electron chi connectivity index (χ1n) is 16.1. The maximum Gasteiger partial charge on any atom is 0.229 e. The Morgan fingerprint density at radius 3 is 2.31 bits per heavy atom. The summed E-state index contributed by atoms with van der Waals surface area (Å²) in [6, 6.07) is 12.0. The zero-order valence-corrected chi connectivity index (χ0v) is 30.3. The summed E-state index contributed by atoms with van der Waals surface area (Å²) >= 11 is 2.16. The highest BCUT2D eigenvalue weighted by molar-refractivity contribution is 14.1. The Morgan fingerprint density at radius 2 is 1.64 bits per heavy atom. The molecule has 0 bridgehead atoms. The fourth-order valence-corrected chi connectivity index (χ4v) is 7.96. The SMILES string of the molecule is Cc1cc(Nc2ncc(I)c(Nc3ccccc3S(=O)(=O)C(C)C)n2)c(OC(C)C)cc1C1CCC(N2CCN(C)CC2)CC1. The minimum Gasteiger partial charge on any atom is -0.489 e. The summed E-state index contributed by atoms with van der Waals surface area (Å²) in [6.07, 6.45) is 6.58. The molecule has 1 aromatic heterocycles. The standard InChI is InChI=1S/C34H47IN6O3S/c1-22(2)44-31-20-27(25-11-13-26(14-12-25)41-17-15-40(6)16-18-41)24(5)19-30(31)38-34-36-21-28(35)33(39-34)37-29-9-7-8-10-32(29)45(42,43)23(3)4/h7-10,19-23,25-26H,11-18H2,1-6H3,(H2,36,37,38,39). The fraction of sp³-hybridized carbons (Fsp3) is 0.529. The maximum absolute atomic E-state index is 13.0. The molecule has 2 aliphatic rings. The first-order chi connectivity index (χ1) is 21.4. The van der Waals surface area contributed by atoms with Gasteiger partial charge < -0.3 is 20.3 Å². The molecule has 0 atom stereocenters. The van der Waals surface area contributed by atoms with E-state index in [0.717, 1.165) is 15.0 Å². The summed E-state index contributed by atoms with van der Waals surface area (Å²) in [5.74, 6) is 2.23. The lowest BCUT2D eigenvalue weighted by Crippen LogP contribution is -2.49. The topological polar surface area (TPSA) is 99.7 Å². The van der Waals surface area contributed by atoms with Gasteiger partial charge >= 0.3 is 0 Å². The van der Waals surface area contributed by atoms with Crippen molar-refractivity contribution in [3.63, 3.8) is 0 Å². The summed E-state index contributed by atoms with van der Waals surface area (Å²) in [7, 11) is -1.27. The van der Waals surface area contributed by atoms with E-state index in [2.05, 4.69) is 74.1 Å². The molecule has 244 valence electrons. The summed E-state index contributed by atoms with van der Waals surface area (Å²) in [5, 5.41) is 6.11. The predicted molar refractivity (Wildman–Crippen MR) is 191 cm³/mol. The third kappa shape index (κ3) is 8.09. The third-order valence-corrected chi connectivity index (χ3v) is 12.0. The van der Waals surface area contributed by atoms with Crippen molar-refractivity contribution >= 4 is 55.6 Å². The van der Waals surface area contributed by atoms with Crippen LogP contribution in [-0.4, -0.2) is 78.8 Å². The molecule has 2 heterocycles. The van der Waals surface area contributed by atoms with Gasteiger partial charge in [0.1, 0.15) is 11.6 Å².